The van der Waals surface area contributed by atoms with Gasteiger partial charge in [-0.15, -0.1) is 0 Å². The third kappa shape index (κ3) is 3.43. The van der Waals surface area contributed by atoms with E-state index in [1.807, 2.05) is 0 Å². The molecular weight excluding hydrogens is 238 g/mol. The number of hydrogen-bond acceptors (Lipinski definition) is 4. The van der Waals surface area contributed by atoms with E-state index in [9.17, 15) is 9.59 Å². The van der Waals surface area contributed by atoms with Gasteiger partial charge in [-0.3, -0.25) is 9.59 Å². The zero-order chi connectivity index (χ0) is 13.8. The number of ether oxygens (including phenoxy) is 1. The Labute approximate surface area is 107 Å². The van der Waals surface area contributed by atoms with Gasteiger partial charge in [0, 0.05) is 13.1 Å². The molecular formula is C12H21NO5. The first-order valence-corrected chi connectivity index (χ1v) is 6.15. The first kappa shape index (κ1) is 14.9. The number of aliphatic carboxylic acids is 1. The average molecular weight is 259 g/mol. The van der Waals surface area contributed by atoms with Crippen molar-refractivity contribution < 1.29 is 24.5 Å². The van der Waals surface area contributed by atoms with Gasteiger partial charge in [0.2, 0.25) is 5.91 Å². The van der Waals surface area contributed by atoms with Gasteiger partial charge in [-0.2, -0.15) is 0 Å². The van der Waals surface area contributed by atoms with Crippen molar-refractivity contribution in [2.24, 2.45) is 5.41 Å². The summed E-state index contributed by atoms with van der Waals surface area (Å²) in [5, 5.41) is 17.7. The Morgan fingerprint density at radius 3 is 2.33 bits per heavy atom. The van der Waals surface area contributed by atoms with E-state index in [1.165, 1.54) is 13.8 Å². The lowest BCUT2D eigenvalue weighted by Crippen LogP contribution is -2.49. The SMILES string of the molecule is CC(C)(C(=O)O)C(=O)N1CCC(OCCO)CC1. The van der Waals surface area contributed by atoms with Crippen LogP contribution in [-0.4, -0.2) is 59.4 Å². The number of rotatable bonds is 5. The lowest BCUT2D eigenvalue weighted by atomic mass is 9.90. The summed E-state index contributed by atoms with van der Waals surface area (Å²) in [7, 11) is 0. The third-order valence-electron chi connectivity index (χ3n) is 3.24. The van der Waals surface area contributed by atoms with Crippen molar-refractivity contribution >= 4 is 11.9 Å². The number of amides is 1. The highest BCUT2D eigenvalue weighted by Crippen LogP contribution is 2.23. The van der Waals surface area contributed by atoms with Crippen LogP contribution in [0.1, 0.15) is 26.7 Å². The fraction of sp³-hybridized carbons (Fsp3) is 0.833. The molecule has 1 saturated heterocycles. The molecule has 0 aromatic heterocycles. The number of hydrogen-bond donors (Lipinski definition) is 2. The Bertz CT molecular complexity index is 308. The molecule has 1 heterocycles. The first-order valence-electron chi connectivity index (χ1n) is 6.15. The van der Waals surface area contributed by atoms with Crippen LogP contribution in [-0.2, 0) is 14.3 Å². The smallest absolute Gasteiger partial charge is 0.318 e. The minimum Gasteiger partial charge on any atom is -0.480 e. The number of carboxylic acids is 1. The predicted octanol–water partition coefficient (Wildman–Crippen LogP) is 0.0971. The van der Waals surface area contributed by atoms with E-state index in [1.54, 1.807) is 4.90 Å². The minimum absolute atomic E-state index is 0.00874. The van der Waals surface area contributed by atoms with Crippen LogP contribution in [0.4, 0.5) is 0 Å². The summed E-state index contributed by atoms with van der Waals surface area (Å²) in [4.78, 5) is 24.6. The number of piperidine rings is 1. The molecule has 1 fully saturated rings. The first-order chi connectivity index (χ1) is 8.39. The zero-order valence-corrected chi connectivity index (χ0v) is 10.9. The van der Waals surface area contributed by atoms with Gasteiger partial charge in [0.05, 0.1) is 19.3 Å². The average Bonchev–Trinajstić information content (AvgIpc) is 2.35. The third-order valence-corrected chi connectivity index (χ3v) is 3.24. The van der Waals surface area contributed by atoms with Crippen molar-refractivity contribution in [1.82, 2.24) is 4.90 Å². The topological polar surface area (TPSA) is 87.1 Å². The highest BCUT2D eigenvalue weighted by Gasteiger charge is 2.40. The standard InChI is InChI=1S/C12H21NO5/c1-12(2,11(16)17)10(15)13-5-3-9(4-6-13)18-8-7-14/h9,14H,3-8H2,1-2H3,(H,16,17). The van der Waals surface area contributed by atoms with Crippen molar-refractivity contribution in [3.63, 3.8) is 0 Å². The Morgan fingerprint density at radius 2 is 1.89 bits per heavy atom. The highest BCUT2D eigenvalue weighted by atomic mass is 16.5. The van der Waals surface area contributed by atoms with E-state index >= 15 is 0 Å². The van der Waals surface area contributed by atoms with Gasteiger partial charge in [0.25, 0.3) is 0 Å². The molecule has 18 heavy (non-hydrogen) atoms. The van der Waals surface area contributed by atoms with Gasteiger partial charge in [-0.05, 0) is 26.7 Å². The molecule has 1 amide bonds. The van der Waals surface area contributed by atoms with Crippen LogP contribution < -0.4 is 0 Å². The number of aliphatic hydroxyl groups is 1. The minimum atomic E-state index is -1.38. The van der Waals surface area contributed by atoms with Crippen LogP contribution in [0.5, 0.6) is 0 Å². The lowest BCUT2D eigenvalue weighted by Gasteiger charge is -2.35. The van der Waals surface area contributed by atoms with Crippen LogP contribution in [0.3, 0.4) is 0 Å². The normalized spacial score (nSPS) is 17.8. The van der Waals surface area contributed by atoms with Crippen molar-refractivity contribution in [2.75, 3.05) is 26.3 Å². The Morgan fingerprint density at radius 1 is 1.33 bits per heavy atom. The highest BCUT2D eigenvalue weighted by molar-refractivity contribution is 6.01. The van der Waals surface area contributed by atoms with Crippen molar-refractivity contribution in [1.29, 1.82) is 0 Å². The summed E-state index contributed by atoms with van der Waals surface area (Å²) in [6, 6.07) is 0. The number of nitrogens with zero attached hydrogens (tertiary/aromatic N) is 1. The molecule has 0 aromatic carbocycles. The molecule has 1 aliphatic rings. The second-order valence-corrected chi connectivity index (χ2v) is 5.02. The molecule has 6 nitrogen and oxygen atoms in total. The molecule has 0 atom stereocenters. The van der Waals surface area contributed by atoms with E-state index in [-0.39, 0.29) is 18.6 Å². The molecule has 0 aromatic rings. The van der Waals surface area contributed by atoms with Crippen LogP contribution in [0.2, 0.25) is 0 Å². The maximum atomic E-state index is 12.0. The zero-order valence-electron chi connectivity index (χ0n) is 10.9. The second kappa shape index (κ2) is 6.15. The summed E-state index contributed by atoms with van der Waals surface area (Å²) in [6.45, 7) is 4.15. The molecule has 0 spiro atoms. The lowest BCUT2D eigenvalue weighted by molar-refractivity contribution is -0.159. The fourth-order valence-corrected chi connectivity index (χ4v) is 1.93. The van der Waals surface area contributed by atoms with Crippen LogP contribution in [0.25, 0.3) is 0 Å². The quantitative estimate of drug-likeness (QED) is 0.684. The second-order valence-electron chi connectivity index (χ2n) is 5.02. The van der Waals surface area contributed by atoms with E-state index in [4.69, 9.17) is 14.9 Å². The molecule has 0 saturated carbocycles. The molecule has 104 valence electrons. The number of carbonyl (C=O) groups is 2. The summed E-state index contributed by atoms with van der Waals surface area (Å²) < 4.78 is 5.39. The largest absolute Gasteiger partial charge is 0.480 e. The van der Waals surface area contributed by atoms with Crippen molar-refractivity contribution in [3.8, 4) is 0 Å². The fourth-order valence-electron chi connectivity index (χ4n) is 1.93. The Hall–Kier alpha value is -1.14. The van der Waals surface area contributed by atoms with Gasteiger partial charge in [-0.1, -0.05) is 0 Å². The summed E-state index contributed by atoms with van der Waals surface area (Å²) >= 11 is 0. The predicted molar refractivity (Wildman–Crippen MR) is 64.1 cm³/mol. The van der Waals surface area contributed by atoms with Crippen LogP contribution >= 0.6 is 0 Å². The summed E-state index contributed by atoms with van der Waals surface area (Å²) in [6.07, 6.45) is 1.41. The molecule has 1 rings (SSSR count). The Kier molecular flexibility index (Phi) is 5.10. The van der Waals surface area contributed by atoms with Gasteiger partial charge in [0.1, 0.15) is 5.41 Å². The number of aliphatic hydroxyl groups excluding tert-OH is 1. The molecule has 0 aliphatic carbocycles. The Balaban J connectivity index is 2.48. The maximum absolute atomic E-state index is 12.0. The molecule has 1 aliphatic heterocycles. The van der Waals surface area contributed by atoms with Gasteiger partial charge in [0.15, 0.2) is 0 Å². The monoisotopic (exact) mass is 259 g/mol. The van der Waals surface area contributed by atoms with E-state index in [2.05, 4.69) is 0 Å². The number of likely N-dealkylation sites (tertiary alicyclic amines) is 1. The van der Waals surface area contributed by atoms with E-state index < -0.39 is 11.4 Å². The molecule has 2 N–H and O–H groups in total. The van der Waals surface area contributed by atoms with Crippen LogP contribution in [0, 0.1) is 5.41 Å². The van der Waals surface area contributed by atoms with Crippen molar-refractivity contribution in [2.45, 2.75) is 32.8 Å². The van der Waals surface area contributed by atoms with Gasteiger partial charge >= 0.3 is 5.97 Å². The molecule has 0 unspecified atom stereocenters. The van der Waals surface area contributed by atoms with Gasteiger partial charge in [-0.25, -0.2) is 0 Å². The summed E-state index contributed by atoms with van der Waals surface area (Å²) in [5.41, 5.74) is -1.38. The van der Waals surface area contributed by atoms with Crippen molar-refractivity contribution in [3.05, 3.63) is 0 Å². The molecule has 0 radical (unpaired) electrons. The van der Waals surface area contributed by atoms with Gasteiger partial charge < -0.3 is 19.8 Å². The maximum Gasteiger partial charge on any atom is 0.318 e. The number of carboxylic acid groups (broad SMARTS) is 1. The molecule has 6 heteroatoms. The molecule has 0 bridgehead atoms. The van der Waals surface area contributed by atoms with Crippen LogP contribution in [0.15, 0.2) is 0 Å². The van der Waals surface area contributed by atoms with E-state index in [0.29, 0.717) is 32.5 Å². The summed E-state index contributed by atoms with van der Waals surface area (Å²) in [5.74, 6) is -1.46. The number of carbonyl (C=O) groups excluding carboxylic acids is 1. The van der Waals surface area contributed by atoms with E-state index in [0.717, 1.165) is 0 Å².